The number of benzene rings is 2. The van der Waals surface area contributed by atoms with Crippen molar-refractivity contribution < 1.29 is 5.11 Å². The van der Waals surface area contributed by atoms with E-state index in [4.69, 9.17) is 23.2 Å². The molecule has 0 aliphatic carbocycles. The zero-order valence-corrected chi connectivity index (χ0v) is 12.7. The van der Waals surface area contributed by atoms with Gasteiger partial charge in [0, 0.05) is 20.1 Å². The maximum Gasteiger partial charge on any atom is 0.106 e. The van der Waals surface area contributed by atoms with Crippen molar-refractivity contribution in [2.75, 3.05) is 0 Å². The van der Waals surface area contributed by atoms with Crippen LogP contribution < -0.4 is 0 Å². The molecule has 0 fully saturated rings. The highest BCUT2D eigenvalue weighted by Gasteiger charge is 2.16. The fourth-order valence-corrected chi connectivity index (χ4v) is 2.82. The van der Waals surface area contributed by atoms with E-state index in [2.05, 4.69) is 15.9 Å². The van der Waals surface area contributed by atoms with Crippen LogP contribution in [0.25, 0.3) is 0 Å². The number of halogens is 3. The Kier molecular flexibility index (Phi) is 4.33. The Morgan fingerprint density at radius 2 is 1.72 bits per heavy atom. The van der Waals surface area contributed by atoms with Gasteiger partial charge in [0.05, 0.1) is 0 Å². The van der Waals surface area contributed by atoms with Crippen molar-refractivity contribution in [2.24, 2.45) is 0 Å². The number of hydrogen-bond donors (Lipinski definition) is 1. The van der Waals surface area contributed by atoms with Gasteiger partial charge in [-0.1, -0.05) is 51.3 Å². The fraction of sp³-hybridized carbons (Fsp3) is 0.143. The summed E-state index contributed by atoms with van der Waals surface area (Å²) >= 11 is 15.4. The lowest BCUT2D eigenvalue weighted by Gasteiger charge is -2.16. The second kappa shape index (κ2) is 5.62. The first-order valence-corrected chi connectivity index (χ1v) is 6.93. The van der Waals surface area contributed by atoms with Gasteiger partial charge in [-0.2, -0.15) is 0 Å². The smallest absolute Gasteiger partial charge is 0.106 e. The minimum absolute atomic E-state index is 0.470. The zero-order chi connectivity index (χ0) is 13.3. The van der Waals surface area contributed by atoms with Gasteiger partial charge in [-0.15, -0.1) is 0 Å². The number of aliphatic hydroxyl groups excluding tert-OH is 1. The molecule has 1 nitrogen and oxygen atoms in total. The standard InChI is InChI=1S/C14H11BrCl2O/c1-8-6-9(15)2-4-11(8)14(18)12-5-3-10(16)7-13(12)17/h2-7,14,18H,1H3. The van der Waals surface area contributed by atoms with Crippen LogP contribution in [0.2, 0.25) is 10.0 Å². The molecule has 94 valence electrons. The van der Waals surface area contributed by atoms with Crippen LogP contribution in [0.4, 0.5) is 0 Å². The van der Waals surface area contributed by atoms with Crippen LogP contribution in [0.3, 0.4) is 0 Å². The number of rotatable bonds is 2. The minimum Gasteiger partial charge on any atom is -0.384 e. The van der Waals surface area contributed by atoms with Crippen LogP contribution in [-0.4, -0.2) is 5.11 Å². The molecule has 0 aromatic heterocycles. The molecule has 0 saturated heterocycles. The van der Waals surface area contributed by atoms with E-state index < -0.39 is 6.10 Å². The fourth-order valence-electron chi connectivity index (χ4n) is 1.84. The molecular formula is C14H11BrCl2O. The maximum absolute atomic E-state index is 10.4. The van der Waals surface area contributed by atoms with Crippen molar-refractivity contribution in [2.45, 2.75) is 13.0 Å². The van der Waals surface area contributed by atoms with Crippen molar-refractivity contribution >= 4 is 39.1 Å². The van der Waals surface area contributed by atoms with Crippen LogP contribution in [0.15, 0.2) is 40.9 Å². The quantitative estimate of drug-likeness (QED) is 0.798. The van der Waals surface area contributed by atoms with Gasteiger partial charge in [0.15, 0.2) is 0 Å². The lowest BCUT2D eigenvalue weighted by Crippen LogP contribution is -2.02. The van der Waals surface area contributed by atoms with Crippen LogP contribution in [-0.2, 0) is 0 Å². The van der Waals surface area contributed by atoms with Gasteiger partial charge in [0.25, 0.3) is 0 Å². The predicted octanol–water partition coefficient (Wildman–Crippen LogP) is 5.15. The van der Waals surface area contributed by atoms with Crippen LogP contribution in [0, 0.1) is 6.92 Å². The van der Waals surface area contributed by atoms with Crippen molar-refractivity contribution in [1.29, 1.82) is 0 Å². The first-order valence-electron chi connectivity index (χ1n) is 5.38. The monoisotopic (exact) mass is 344 g/mol. The van der Waals surface area contributed by atoms with E-state index in [0.717, 1.165) is 15.6 Å². The van der Waals surface area contributed by atoms with Gasteiger partial charge < -0.3 is 5.11 Å². The Bertz CT molecular complexity index is 533. The van der Waals surface area contributed by atoms with E-state index in [1.54, 1.807) is 18.2 Å². The number of aryl methyl sites for hydroxylation is 1. The van der Waals surface area contributed by atoms with Gasteiger partial charge in [-0.25, -0.2) is 0 Å². The zero-order valence-electron chi connectivity index (χ0n) is 9.62. The lowest BCUT2D eigenvalue weighted by atomic mass is 9.97. The van der Waals surface area contributed by atoms with E-state index in [-0.39, 0.29) is 0 Å². The first-order chi connectivity index (χ1) is 8.49. The van der Waals surface area contributed by atoms with E-state index in [1.807, 2.05) is 25.1 Å². The third-order valence-corrected chi connectivity index (χ3v) is 3.84. The summed E-state index contributed by atoms with van der Waals surface area (Å²) in [5.41, 5.74) is 2.50. The van der Waals surface area contributed by atoms with Crippen LogP contribution >= 0.6 is 39.1 Å². The Balaban J connectivity index is 2.44. The average molecular weight is 346 g/mol. The molecule has 0 amide bonds. The Hall–Kier alpha value is -0.540. The number of hydrogen-bond acceptors (Lipinski definition) is 1. The molecule has 1 N–H and O–H groups in total. The highest BCUT2D eigenvalue weighted by molar-refractivity contribution is 9.10. The van der Waals surface area contributed by atoms with E-state index in [9.17, 15) is 5.11 Å². The van der Waals surface area contributed by atoms with E-state index in [1.165, 1.54) is 0 Å². The van der Waals surface area contributed by atoms with Crippen LogP contribution in [0.5, 0.6) is 0 Å². The molecule has 0 heterocycles. The summed E-state index contributed by atoms with van der Waals surface area (Å²) in [5, 5.41) is 11.4. The molecule has 0 bridgehead atoms. The van der Waals surface area contributed by atoms with Gasteiger partial charge in [0.1, 0.15) is 6.10 Å². The molecule has 0 aliphatic rings. The maximum atomic E-state index is 10.4. The second-order valence-corrected chi connectivity index (χ2v) is 5.83. The number of aliphatic hydroxyl groups is 1. The molecule has 0 radical (unpaired) electrons. The molecule has 2 rings (SSSR count). The van der Waals surface area contributed by atoms with Crippen molar-refractivity contribution in [3.05, 3.63) is 67.6 Å². The molecule has 18 heavy (non-hydrogen) atoms. The van der Waals surface area contributed by atoms with E-state index >= 15 is 0 Å². The topological polar surface area (TPSA) is 20.2 Å². The Morgan fingerprint density at radius 1 is 1.06 bits per heavy atom. The summed E-state index contributed by atoms with van der Waals surface area (Å²) in [6.07, 6.45) is -0.747. The van der Waals surface area contributed by atoms with Crippen molar-refractivity contribution in [3.63, 3.8) is 0 Å². The molecule has 2 aromatic carbocycles. The SMILES string of the molecule is Cc1cc(Br)ccc1C(O)c1ccc(Cl)cc1Cl. The molecule has 1 unspecified atom stereocenters. The van der Waals surface area contributed by atoms with Gasteiger partial charge in [-0.3, -0.25) is 0 Å². The summed E-state index contributed by atoms with van der Waals surface area (Å²) in [5.74, 6) is 0. The summed E-state index contributed by atoms with van der Waals surface area (Å²) in [7, 11) is 0. The van der Waals surface area contributed by atoms with Crippen molar-refractivity contribution in [3.8, 4) is 0 Å². The average Bonchev–Trinajstić information content (AvgIpc) is 2.28. The highest BCUT2D eigenvalue weighted by atomic mass is 79.9. The largest absolute Gasteiger partial charge is 0.384 e. The highest BCUT2D eigenvalue weighted by Crippen LogP contribution is 2.32. The second-order valence-electron chi connectivity index (χ2n) is 4.07. The molecule has 0 spiro atoms. The van der Waals surface area contributed by atoms with Crippen molar-refractivity contribution in [1.82, 2.24) is 0 Å². The molecule has 2 aromatic rings. The third-order valence-electron chi connectivity index (χ3n) is 2.78. The molecule has 0 saturated carbocycles. The normalized spacial score (nSPS) is 12.5. The minimum atomic E-state index is -0.747. The first kappa shape index (κ1) is 13.9. The lowest BCUT2D eigenvalue weighted by molar-refractivity contribution is 0.219. The Labute approximate surface area is 124 Å². The predicted molar refractivity (Wildman–Crippen MR) is 79.4 cm³/mol. The van der Waals surface area contributed by atoms with E-state index in [0.29, 0.717) is 15.6 Å². The van der Waals surface area contributed by atoms with Gasteiger partial charge in [-0.05, 0) is 42.3 Å². The van der Waals surface area contributed by atoms with Gasteiger partial charge in [0.2, 0.25) is 0 Å². The molecule has 1 atom stereocenters. The summed E-state index contributed by atoms with van der Waals surface area (Å²) < 4.78 is 0.984. The summed E-state index contributed by atoms with van der Waals surface area (Å²) in [4.78, 5) is 0. The molecular weight excluding hydrogens is 335 g/mol. The van der Waals surface area contributed by atoms with Gasteiger partial charge >= 0.3 is 0 Å². The Morgan fingerprint density at radius 3 is 2.33 bits per heavy atom. The summed E-state index contributed by atoms with van der Waals surface area (Å²) in [6, 6.07) is 10.8. The van der Waals surface area contributed by atoms with Crippen LogP contribution in [0.1, 0.15) is 22.8 Å². The molecule has 0 aliphatic heterocycles. The summed E-state index contributed by atoms with van der Waals surface area (Å²) in [6.45, 7) is 1.95. The molecule has 4 heteroatoms. The third kappa shape index (κ3) is 2.89.